The van der Waals surface area contributed by atoms with Gasteiger partial charge < -0.3 is 9.47 Å². The van der Waals surface area contributed by atoms with Crippen LogP contribution >= 0.6 is 0 Å². The van der Waals surface area contributed by atoms with Gasteiger partial charge in [-0.15, -0.1) is 0 Å². The lowest BCUT2D eigenvalue weighted by Gasteiger charge is -2.29. The standard InChI is InChI=1S/C25H24F12O2/c1-4-19(5-2)39-21(14-8-17(24(32,33)34)11-18(9-14)25(35,36)37)12-20(38-3)13-6-15(22(26,27)28)10-16(7-13)23(29,30)31/h6-11,19-21H,4-5,12H2,1-3H3. The average Bonchev–Trinajstić information content (AvgIpc) is 2.81. The minimum absolute atomic E-state index is 0.103. The Morgan fingerprint density at radius 1 is 0.538 bits per heavy atom. The highest BCUT2D eigenvalue weighted by Gasteiger charge is 2.40. The lowest BCUT2D eigenvalue weighted by atomic mass is 9.93. The Labute approximate surface area is 215 Å². The van der Waals surface area contributed by atoms with Crippen LogP contribution in [0.2, 0.25) is 0 Å². The summed E-state index contributed by atoms with van der Waals surface area (Å²) in [4.78, 5) is 0. The second kappa shape index (κ2) is 11.9. The Bertz CT molecular complexity index is 1030. The van der Waals surface area contributed by atoms with E-state index < -0.39 is 82.8 Å². The van der Waals surface area contributed by atoms with Crippen molar-refractivity contribution in [2.24, 2.45) is 0 Å². The van der Waals surface area contributed by atoms with Gasteiger partial charge in [-0.05, 0) is 60.4 Å². The Hall–Kier alpha value is -2.48. The van der Waals surface area contributed by atoms with E-state index in [-0.39, 0.29) is 25.0 Å². The molecule has 2 unspecified atom stereocenters. The summed E-state index contributed by atoms with van der Waals surface area (Å²) in [5, 5.41) is 0. The number of hydrogen-bond acceptors (Lipinski definition) is 2. The molecule has 2 atom stereocenters. The van der Waals surface area contributed by atoms with Crippen LogP contribution in [0.15, 0.2) is 36.4 Å². The molecule has 0 aliphatic heterocycles. The molecular formula is C25H24F12O2. The second-order valence-electron chi connectivity index (χ2n) is 8.70. The molecular weight excluding hydrogens is 560 g/mol. The first kappa shape index (κ1) is 32.7. The molecule has 0 radical (unpaired) electrons. The predicted molar refractivity (Wildman–Crippen MR) is 115 cm³/mol. The van der Waals surface area contributed by atoms with E-state index in [1.165, 1.54) is 0 Å². The molecule has 0 bridgehead atoms. The van der Waals surface area contributed by atoms with Crippen LogP contribution in [0.5, 0.6) is 0 Å². The topological polar surface area (TPSA) is 18.5 Å². The number of alkyl halides is 12. The maximum absolute atomic E-state index is 13.5. The largest absolute Gasteiger partial charge is 0.416 e. The van der Waals surface area contributed by atoms with Crippen molar-refractivity contribution in [3.05, 3.63) is 69.8 Å². The number of hydrogen-bond donors (Lipinski definition) is 0. The van der Waals surface area contributed by atoms with Gasteiger partial charge in [0.15, 0.2) is 0 Å². The zero-order chi connectivity index (χ0) is 30.0. The van der Waals surface area contributed by atoms with Crippen molar-refractivity contribution in [2.45, 2.75) is 76.1 Å². The number of methoxy groups -OCH3 is 1. The van der Waals surface area contributed by atoms with Crippen molar-refractivity contribution >= 4 is 0 Å². The first-order valence-corrected chi connectivity index (χ1v) is 11.5. The lowest BCUT2D eigenvalue weighted by Crippen LogP contribution is -2.21. The van der Waals surface area contributed by atoms with E-state index in [9.17, 15) is 52.7 Å². The third-order valence-electron chi connectivity index (χ3n) is 5.94. The van der Waals surface area contributed by atoms with Gasteiger partial charge in [0.1, 0.15) is 0 Å². The molecule has 0 aliphatic carbocycles. The molecule has 14 heteroatoms. The molecule has 0 N–H and O–H groups in total. The molecule has 39 heavy (non-hydrogen) atoms. The van der Waals surface area contributed by atoms with E-state index in [0.29, 0.717) is 24.3 Å². The second-order valence-corrected chi connectivity index (χ2v) is 8.70. The summed E-state index contributed by atoms with van der Waals surface area (Å²) in [6.45, 7) is 3.24. The summed E-state index contributed by atoms with van der Waals surface area (Å²) in [7, 11) is 0.930. The van der Waals surface area contributed by atoms with Crippen LogP contribution < -0.4 is 0 Å². The average molecular weight is 584 g/mol. The zero-order valence-corrected chi connectivity index (χ0v) is 20.7. The summed E-state index contributed by atoms with van der Waals surface area (Å²) in [6.07, 6.45) is -24.9. The Morgan fingerprint density at radius 3 is 1.10 bits per heavy atom. The van der Waals surface area contributed by atoms with Crippen LogP contribution in [0, 0.1) is 0 Å². The Balaban J connectivity index is 2.71. The molecule has 2 rings (SSSR count). The third kappa shape index (κ3) is 8.75. The van der Waals surface area contributed by atoms with Gasteiger partial charge in [0.05, 0.1) is 40.6 Å². The van der Waals surface area contributed by atoms with Crippen molar-refractivity contribution < 1.29 is 62.2 Å². The van der Waals surface area contributed by atoms with Crippen LogP contribution in [0.25, 0.3) is 0 Å². The van der Waals surface area contributed by atoms with Crippen molar-refractivity contribution in [2.75, 3.05) is 7.11 Å². The van der Waals surface area contributed by atoms with Gasteiger partial charge >= 0.3 is 24.7 Å². The molecule has 0 saturated carbocycles. The van der Waals surface area contributed by atoms with Crippen LogP contribution in [-0.2, 0) is 34.2 Å². The van der Waals surface area contributed by atoms with Gasteiger partial charge in [-0.2, -0.15) is 52.7 Å². The van der Waals surface area contributed by atoms with Gasteiger partial charge in [-0.25, -0.2) is 0 Å². The summed E-state index contributed by atoms with van der Waals surface area (Å²) < 4.78 is 172. The zero-order valence-electron chi connectivity index (χ0n) is 20.7. The summed E-state index contributed by atoms with van der Waals surface area (Å²) in [6, 6.07) is 1.35. The molecule has 0 saturated heterocycles. The van der Waals surface area contributed by atoms with E-state index >= 15 is 0 Å². The normalized spacial score (nSPS) is 15.1. The molecule has 0 fully saturated rings. The first-order chi connectivity index (χ1) is 17.7. The number of benzene rings is 2. The monoisotopic (exact) mass is 584 g/mol. The molecule has 2 nitrogen and oxygen atoms in total. The molecule has 220 valence electrons. The highest BCUT2D eigenvalue weighted by atomic mass is 19.4. The highest BCUT2D eigenvalue weighted by Crippen LogP contribution is 2.43. The number of rotatable bonds is 9. The van der Waals surface area contributed by atoms with Crippen molar-refractivity contribution in [3.8, 4) is 0 Å². The van der Waals surface area contributed by atoms with Crippen molar-refractivity contribution in [1.82, 2.24) is 0 Å². The van der Waals surface area contributed by atoms with Gasteiger partial charge in [0.25, 0.3) is 0 Å². The maximum Gasteiger partial charge on any atom is 0.416 e. The van der Waals surface area contributed by atoms with E-state index in [1.807, 2.05) is 0 Å². The quantitative estimate of drug-likeness (QED) is 0.273. The number of ether oxygens (including phenoxy) is 2. The fourth-order valence-electron chi connectivity index (χ4n) is 3.88. The maximum atomic E-state index is 13.5. The summed E-state index contributed by atoms with van der Waals surface area (Å²) >= 11 is 0. The van der Waals surface area contributed by atoms with E-state index in [2.05, 4.69) is 0 Å². The molecule has 2 aromatic carbocycles. The smallest absolute Gasteiger partial charge is 0.377 e. The van der Waals surface area contributed by atoms with E-state index in [4.69, 9.17) is 9.47 Å². The molecule has 2 aromatic rings. The van der Waals surface area contributed by atoms with Gasteiger partial charge in [0.2, 0.25) is 0 Å². The fourth-order valence-corrected chi connectivity index (χ4v) is 3.88. The van der Waals surface area contributed by atoms with E-state index in [1.54, 1.807) is 13.8 Å². The van der Waals surface area contributed by atoms with Gasteiger partial charge in [-0.3, -0.25) is 0 Å². The molecule has 0 aliphatic rings. The SMILES string of the molecule is CCC(CC)OC(CC(OC)c1cc(C(F)(F)F)cc(C(F)(F)F)c1)c1cc(C(F)(F)F)cc(C(F)(F)F)c1. The lowest BCUT2D eigenvalue weighted by molar-refractivity contribution is -0.144. The van der Waals surface area contributed by atoms with Crippen LogP contribution in [0.3, 0.4) is 0 Å². The highest BCUT2D eigenvalue weighted by molar-refractivity contribution is 5.37. The van der Waals surface area contributed by atoms with Gasteiger partial charge in [-0.1, -0.05) is 13.8 Å². The van der Waals surface area contributed by atoms with Crippen LogP contribution in [0.1, 0.15) is 78.7 Å². The number of halogens is 12. The fraction of sp³-hybridized carbons (Fsp3) is 0.520. The molecule has 0 spiro atoms. The minimum atomic E-state index is -5.20. The summed E-state index contributed by atoms with van der Waals surface area (Å²) in [5.74, 6) is 0. The molecule has 0 amide bonds. The Kier molecular flexibility index (Phi) is 10.0. The minimum Gasteiger partial charge on any atom is -0.377 e. The van der Waals surface area contributed by atoms with Crippen molar-refractivity contribution in [3.63, 3.8) is 0 Å². The Morgan fingerprint density at radius 2 is 0.846 bits per heavy atom. The van der Waals surface area contributed by atoms with Crippen LogP contribution in [-0.4, -0.2) is 13.2 Å². The van der Waals surface area contributed by atoms with Crippen molar-refractivity contribution in [1.29, 1.82) is 0 Å². The molecule has 0 heterocycles. The van der Waals surface area contributed by atoms with E-state index in [0.717, 1.165) is 7.11 Å². The summed E-state index contributed by atoms with van der Waals surface area (Å²) in [5.41, 5.74) is -7.89. The molecule has 0 aromatic heterocycles. The van der Waals surface area contributed by atoms with Gasteiger partial charge in [0, 0.05) is 13.5 Å². The van der Waals surface area contributed by atoms with Crippen LogP contribution in [0.4, 0.5) is 52.7 Å². The first-order valence-electron chi connectivity index (χ1n) is 11.5. The third-order valence-corrected chi connectivity index (χ3v) is 5.94. The predicted octanol–water partition coefficient (Wildman–Crippen LogP) is 9.79.